The van der Waals surface area contributed by atoms with Crippen LogP contribution < -0.4 is 0 Å². The molecule has 0 aliphatic carbocycles. The number of hydrogen-bond acceptors (Lipinski definition) is 1. The van der Waals surface area contributed by atoms with Crippen LogP contribution >= 0.6 is 0 Å². The van der Waals surface area contributed by atoms with Crippen LogP contribution in [0.5, 0.6) is 0 Å². The molecule has 1 nitrogen and oxygen atoms in total. The lowest BCUT2D eigenvalue weighted by Crippen LogP contribution is -2.34. The van der Waals surface area contributed by atoms with E-state index in [2.05, 4.69) is 54.0 Å². The molecule has 1 heteroatoms. The van der Waals surface area contributed by atoms with Crippen LogP contribution in [0.2, 0.25) is 0 Å². The van der Waals surface area contributed by atoms with Gasteiger partial charge in [0.1, 0.15) is 0 Å². The van der Waals surface area contributed by atoms with Crippen LogP contribution in [0.1, 0.15) is 18.4 Å². The molecule has 0 radical (unpaired) electrons. The zero-order valence-corrected chi connectivity index (χ0v) is 10.4. The highest BCUT2D eigenvalue weighted by Crippen LogP contribution is 2.18. The van der Waals surface area contributed by atoms with Crippen LogP contribution in [0, 0.1) is 5.92 Å². The molecule has 1 aliphatic rings. The lowest BCUT2D eigenvalue weighted by Gasteiger charge is -2.30. The molecule has 1 aliphatic heterocycles. The Kier molecular flexibility index (Phi) is 4.57. The van der Waals surface area contributed by atoms with Crippen molar-refractivity contribution in [2.24, 2.45) is 5.92 Å². The Morgan fingerprint density at radius 2 is 2.12 bits per heavy atom. The summed E-state index contributed by atoms with van der Waals surface area (Å²) in [5.74, 6) is 0.698. The molecular weight excluding hydrogens is 206 g/mol. The molecule has 90 valence electrons. The number of piperidine rings is 1. The van der Waals surface area contributed by atoms with Crippen LogP contribution in [0.25, 0.3) is 6.08 Å². The minimum atomic E-state index is 0.698. The van der Waals surface area contributed by atoms with Gasteiger partial charge in [-0.15, -0.1) is 6.58 Å². The van der Waals surface area contributed by atoms with E-state index in [-0.39, 0.29) is 0 Å². The summed E-state index contributed by atoms with van der Waals surface area (Å²) < 4.78 is 0. The van der Waals surface area contributed by atoms with Gasteiger partial charge in [0, 0.05) is 13.1 Å². The van der Waals surface area contributed by atoms with Gasteiger partial charge in [0.15, 0.2) is 0 Å². The summed E-state index contributed by atoms with van der Waals surface area (Å²) in [7, 11) is 0. The quantitative estimate of drug-likeness (QED) is 0.710. The van der Waals surface area contributed by atoms with Gasteiger partial charge >= 0.3 is 0 Å². The van der Waals surface area contributed by atoms with E-state index in [0.717, 1.165) is 6.54 Å². The molecular formula is C16H21N. The Morgan fingerprint density at radius 3 is 2.88 bits per heavy atom. The molecule has 17 heavy (non-hydrogen) atoms. The fourth-order valence-electron chi connectivity index (χ4n) is 2.41. The zero-order valence-electron chi connectivity index (χ0n) is 10.4. The smallest absolute Gasteiger partial charge is 0.0160 e. The van der Waals surface area contributed by atoms with Crippen LogP contribution in [-0.4, -0.2) is 24.5 Å². The highest BCUT2D eigenvalue weighted by atomic mass is 15.1. The van der Waals surface area contributed by atoms with Crippen LogP contribution in [-0.2, 0) is 0 Å². The molecule has 0 bridgehead atoms. The van der Waals surface area contributed by atoms with E-state index >= 15 is 0 Å². The average molecular weight is 227 g/mol. The maximum absolute atomic E-state index is 3.81. The molecule has 1 aromatic rings. The third-order valence-corrected chi connectivity index (χ3v) is 3.29. The van der Waals surface area contributed by atoms with E-state index in [1.165, 1.54) is 31.5 Å². The Balaban J connectivity index is 1.90. The first-order valence-corrected chi connectivity index (χ1v) is 6.45. The largest absolute Gasteiger partial charge is 0.299 e. The standard InChI is InChI=1S/C16H21N/c1-2-12-17-13-6-9-16(14-17)11-10-15-7-4-3-5-8-15/h2-5,7-8,10-11,16H,1,6,9,12-14H2/b11-10+. The SMILES string of the molecule is C=CCN1CCCC(/C=C/c2ccccc2)C1. The summed E-state index contributed by atoms with van der Waals surface area (Å²) in [6, 6.07) is 10.5. The van der Waals surface area contributed by atoms with Crippen molar-refractivity contribution in [2.45, 2.75) is 12.8 Å². The highest BCUT2D eigenvalue weighted by molar-refractivity contribution is 5.49. The maximum atomic E-state index is 3.81. The normalized spacial score (nSPS) is 21.8. The van der Waals surface area contributed by atoms with Crippen molar-refractivity contribution < 1.29 is 0 Å². The molecule has 0 amide bonds. The van der Waals surface area contributed by atoms with Gasteiger partial charge < -0.3 is 0 Å². The van der Waals surface area contributed by atoms with E-state index in [9.17, 15) is 0 Å². The van der Waals surface area contributed by atoms with Gasteiger partial charge in [0.05, 0.1) is 0 Å². The molecule has 1 aromatic carbocycles. The Labute approximate surface area is 104 Å². The van der Waals surface area contributed by atoms with Gasteiger partial charge in [0.25, 0.3) is 0 Å². The summed E-state index contributed by atoms with van der Waals surface area (Å²) in [5.41, 5.74) is 1.30. The van der Waals surface area contributed by atoms with E-state index in [1.807, 2.05) is 6.08 Å². The third-order valence-electron chi connectivity index (χ3n) is 3.29. The van der Waals surface area contributed by atoms with Crippen molar-refractivity contribution in [3.63, 3.8) is 0 Å². The molecule has 1 unspecified atom stereocenters. The Bertz CT molecular complexity index is 366. The van der Waals surface area contributed by atoms with Crippen LogP contribution in [0.15, 0.2) is 49.1 Å². The summed E-state index contributed by atoms with van der Waals surface area (Å²) in [6.45, 7) is 7.24. The monoisotopic (exact) mass is 227 g/mol. The zero-order chi connectivity index (χ0) is 11.9. The highest BCUT2D eigenvalue weighted by Gasteiger charge is 2.16. The molecule has 0 aromatic heterocycles. The minimum absolute atomic E-state index is 0.698. The van der Waals surface area contributed by atoms with Crippen molar-refractivity contribution in [3.8, 4) is 0 Å². The molecule has 1 atom stereocenters. The van der Waals surface area contributed by atoms with Gasteiger partial charge in [0.2, 0.25) is 0 Å². The van der Waals surface area contributed by atoms with Gasteiger partial charge in [-0.3, -0.25) is 4.90 Å². The van der Waals surface area contributed by atoms with Crippen LogP contribution in [0.4, 0.5) is 0 Å². The van der Waals surface area contributed by atoms with Crippen molar-refractivity contribution in [1.29, 1.82) is 0 Å². The predicted molar refractivity (Wildman–Crippen MR) is 74.8 cm³/mol. The average Bonchev–Trinajstić information content (AvgIpc) is 2.39. The molecule has 0 saturated carbocycles. The number of benzene rings is 1. The van der Waals surface area contributed by atoms with E-state index in [1.54, 1.807) is 0 Å². The molecule has 1 saturated heterocycles. The first kappa shape index (κ1) is 12.1. The number of nitrogens with zero attached hydrogens (tertiary/aromatic N) is 1. The Hall–Kier alpha value is -1.34. The maximum Gasteiger partial charge on any atom is 0.0160 e. The van der Waals surface area contributed by atoms with Crippen molar-refractivity contribution in [1.82, 2.24) is 4.90 Å². The third kappa shape index (κ3) is 3.86. The molecule has 2 rings (SSSR count). The van der Waals surface area contributed by atoms with Gasteiger partial charge in [-0.05, 0) is 30.9 Å². The molecule has 1 heterocycles. The van der Waals surface area contributed by atoms with Crippen molar-refractivity contribution in [3.05, 3.63) is 54.6 Å². The van der Waals surface area contributed by atoms with Crippen LogP contribution in [0.3, 0.4) is 0 Å². The first-order chi connectivity index (χ1) is 8.38. The van der Waals surface area contributed by atoms with Crippen molar-refractivity contribution in [2.75, 3.05) is 19.6 Å². The topological polar surface area (TPSA) is 3.24 Å². The second-order valence-corrected chi connectivity index (χ2v) is 4.72. The number of rotatable bonds is 4. The summed E-state index contributed by atoms with van der Waals surface area (Å²) in [6.07, 6.45) is 9.24. The molecule has 1 fully saturated rings. The van der Waals surface area contributed by atoms with Gasteiger partial charge in [-0.25, -0.2) is 0 Å². The lowest BCUT2D eigenvalue weighted by atomic mass is 9.97. The Morgan fingerprint density at radius 1 is 1.29 bits per heavy atom. The number of likely N-dealkylation sites (tertiary alicyclic amines) is 1. The fraction of sp³-hybridized carbons (Fsp3) is 0.375. The van der Waals surface area contributed by atoms with E-state index in [4.69, 9.17) is 0 Å². The summed E-state index contributed by atoms with van der Waals surface area (Å²) >= 11 is 0. The second kappa shape index (κ2) is 6.41. The summed E-state index contributed by atoms with van der Waals surface area (Å²) in [5, 5.41) is 0. The van der Waals surface area contributed by atoms with Gasteiger partial charge in [-0.1, -0.05) is 48.6 Å². The van der Waals surface area contributed by atoms with E-state index in [0.29, 0.717) is 5.92 Å². The minimum Gasteiger partial charge on any atom is -0.299 e. The van der Waals surface area contributed by atoms with Crippen molar-refractivity contribution >= 4 is 6.08 Å². The lowest BCUT2D eigenvalue weighted by molar-refractivity contribution is 0.216. The number of hydrogen-bond donors (Lipinski definition) is 0. The summed E-state index contributed by atoms with van der Waals surface area (Å²) in [4.78, 5) is 2.48. The predicted octanol–water partition coefficient (Wildman–Crippen LogP) is 3.60. The molecule has 0 spiro atoms. The molecule has 0 N–H and O–H groups in total. The first-order valence-electron chi connectivity index (χ1n) is 6.45. The van der Waals surface area contributed by atoms with E-state index < -0.39 is 0 Å². The fourth-order valence-corrected chi connectivity index (χ4v) is 2.41. The van der Waals surface area contributed by atoms with Gasteiger partial charge in [-0.2, -0.15) is 0 Å². The second-order valence-electron chi connectivity index (χ2n) is 4.72.